The van der Waals surface area contributed by atoms with E-state index in [1.807, 2.05) is 26.8 Å². The number of aryl methyl sites for hydroxylation is 2. The van der Waals surface area contributed by atoms with E-state index in [0.717, 1.165) is 16.7 Å². The van der Waals surface area contributed by atoms with Gasteiger partial charge >= 0.3 is 11.9 Å². The molecule has 6 nitrogen and oxygen atoms in total. The molecule has 144 valence electrons. The smallest absolute Gasteiger partial charge is 0.308 e. The number of aliphatic hydroxyl groups excluding tert-OH is 1. The van der Waals surface area contributed by atoms with Crippen LogP contribution in [0, 0.1) is 13.8 Å². The lowest BCUT2D eigenvalue weighted by Gasteiger charge is -2.32. The summed E-state index contributed by atoms with van der Waals surface area (Å²) in [5.74, 6) is -0.332. The molecule has 1 aromatic rings. The minimum Gasteiger partial charge on any atom is -0.460 e. The highest BCUT2D eigenvalue weighted by Gasteiger charge is 2.35. The second-order valence-corrected chi connectivity index (χ2v) is 7.24. The van der Waals surface area contributed by atoms with Gasteiger partial charge in [-0.1, -0.05) is 13.0 Å². The van der Waals surface area contributed by atoms with Crippen LogP contribution in [-0.4, -0.2) is 43.0 Å². The van der Waals surface area contributed by atoms with Gasteiger partial charge in [0.1, 0.15) is 11.9 Å². The third kappa shape index (κ3) is 5.05. The fraction of sp³-hybridized carbons (Fsp3) is 0.600. The molecule has 1 heterocycles. The summed E-state index contributed by atoms with van der Waals surface area (Å²) in [5.41, 5.74) is 1.91. The highest BCUT2D eigenvalue weighted by Crippen LogP contribution is 2.41. The van der Waals surface area contributed by atoms with Crippen LogP contribution < -0.4 is 4.74 Å². The topological polar surface area (TPSA) is 82.1 Å². The van der Waals surface area contributed by atoms with Crippen molar-refractivity contribution >= 4 is 11.9 Å². The fourth-order valence-corrected chi connectivity index (χ4v) is 3.64. The molecular formula is C20H28O6. The Kier molecular flexibility index (Phi) is 6.78. The predicted octanol–water partition coefficient (Wildman–Crippen LogP) is 2.59. The lowest BCUT2D eigenvalue weighted by Crippen LogP contribution is -2.31. The van der Waals surface area contributed by atoms with E-state index >= 15 is 0 Å². The fourth-order valence-electron chi connectivity index (χ4n) is 3.64. The molecule has 1 saturated heterocycles. The van der Waals surface area contributed by atoms with Gasteiger partial charge in [-0.05, 0) is 37.5 Å². The van der Waals surface area contributed by atoms with Gasteiger partial charge in [0, 0.05) is 30.9 Å². The Morgan fingerprint density at radius 2 is 2.08 bits per heavy atom. The Balaban J connectivity index is 2.34. The maximum atomic E-state index is 12.5. The molecule has 2 atom stereocenters. The molecule has 1 fully saturated rings. The van der Waals surface area contributed by atoms with Crippen LogP contribution in [0.25, 0.3) is 0 Å². The Hall–Kier alpha value is -1.92. The minimum atomic E-state index is -0.714. The Labute approximate surface area is 154 Å². The van der Waals surface area contributed by atoms with Crippen LogP contribution >= 0.6 is 0 Å². The van der Waals surface area contributed by atoms with Crippen molar-refractivity contribution < 1.29 is 28.9 Å². The Morgan fingerprint density at radius 3 is 2.65 bits per heavy atom. The summed E-state index contributed by atoms with van der Waals surface area (Å²) in [6.45, 7) is 8.00. The lowest BCUT2D eigenvalue weighted by atomic mass is 9.74. The van der Waals surface area contributed by atoms with Gasteiger partial charge in [-0.25, -0.2) is 0 Å². The third-order valence-electron chi connectivity index (χ3n) is 4.69. The summed E-state index contributed by atoms with van der Waals surface area (Å²) in [7, 11) is 0. The molecule has 0 radical (unpaired) electrons. The summed E-state index contributed by atoms with van der Waals surface area (Å²) in [6, 6.07) is 3.77. The zero-order valence-electron chi connectivity index (χ0n) is 16.0. The van der Waals surface area contributed by atoms with Gasteiger partial charge in [-0.3, -0.25) is 9.59 Å². The molecule has 6 heteroatoms. The lowest BCUT2D eigenvalue weighted by molar-refractivity contribution is -0.150. The maximum absolute atomic E-state index is 12.5. The number of hydrogen-bond donors (Lipinski definition) is 1. The van der Waals surface area contributed by atoms with Crippen molar-refractivity contribution in [2.45, 2.75) is 58.5 Å². The van der Waals surface area contributed by atoms with E-state index in [4.69, 9.17) is 14.2 Å². The van der Waals surface area contributed by atoms with Gasteiger partial charge in [0.15, 0.2) is 0 Å². The average molecular weight is 364 g/mol. The molecule has 26 heavy (non-hydrogen) atoms. The summed E-state index contributed by atoms with van der Waals surface area (Å²) in [5, 5.41) is 9.60. The molecule has 1 aliphatic heterocycles. The number of carbonyl (C=O) groups excluding carboxylic acids is 2. The molecule has 0 aromatic heterocycles. The maximum Gasteiger partial charge on any atom is 0.308 e. The van der Waals surface area contributed by atoms with Crippen LogP contribution in [0.5, 0.6) is 5.75 Å². The number of rotatable bonds is 7. The van der Waals surface area contributed by atoms with E-state index in [2.05, 4.69) is 0 Å². The van der Waals surface area contributed by atoms with Crippen molar-refractivity contribution in [2.24, 2.45) is 0 Å². The van der Waals surface area contributed by atoms with Crippen molar-refractivity contribution in [3.63, 3.8) is 0 Å². The van der Waals surface area contributed by atoms with Crippen molar-refractivity contribution in [2.75, 3.05) is 19.8 Å². The number of esters is 2. The van der Waals surface area contributed by atoms with Gasteiger partial charge in [-0.2, -0.15) is 0 Å². The second kappa shape index (κ2) is 8.64. The van der Waals surface area contributed by atoms with Gasteiger partial charge in [0.05, 0.1) is 19.6 Å². The van der Waals surface area contributed by atoms with E-state index < -0.39 is 11.4 Å². The summed E-state index contributed by atoms with van der Waals surface area (Å²) >= 11 is 0. The number of hydrogen-bond acceptors (Lipinski definition) is 6. The van der Waals surface area contributed by atoms with Gasteiger partial charge in [0.25, 0.3) is 0 Å². The Bertz CT molecular complexity index is 663. The summed E-state index contributed by atoms with van der Waals surface area (Å²) in [6.07, 6.45) is 0.918. The van der Waals surface area contributed by atoms with E-state index in [1.54, 1.807) is 6.07 Å². The van der Waals surface area contributed by atoms with Crippen LogP contribution in [0.4, 0.5) is 0 Å². The van der Waals surface area contributed by atoms with Crippen molar-refractivity contribution in [3.8, 4) is 5.75 Å². The molecule has 2 rings (SSSR count). The minimum absolute atomic E-state index is 0.0855. The molecule has 1 aliphatic rings. The monoisotopic (exact) mass is 364 g/mol. The van der Waals surface area contributed by atoms with Crippen LogP contribution in [0.2, 0.25) is 0 Å². The van der Waals surface area contributed by atoms with Gasteiger partial charge in [0.2, 0.25) is 0 Å². The van der Waals surface area contributed by atoms with Gasteiger partial charge in [-0.15, -0.1) is 0 Å². The first-order chi connectivity index (χ1) is 12.2. The highest BCUT2D eigenvalue weighted by molar-refractivity contribution is 5.74. The standard InChI is InChI=1S/C20H28O6/c1-13-9-14(2)19(17(10-13)25-15(3)22)20(4,6-7-21)11-18(23)26-16-5-8-24-12-16/h9-10,16,21H,5-8,11-12H2,1-4H3. The molecule has 2 unspecified atom stereocenters. The van der Waals surface area contributed by atoms with Gasteiger partial charge < -0.3 is 19.3 Å². The second-order valence-electron chi connectivity index (χ2n) is 7.24. The van der Waals surface area contributed by atoms with E-state index in [1.165, 1.54) is 6.92 Å². The predicted molar refractivity (Wildman–Crippen MR) is 96.2 cm³/mol. The number of aliphatic hydroxyl groups is 1. The zero-order valence-corrected chi connectivity index (χ0v) is 16.0. The molecule has 0 amide bonds. The number of carbonyl (C=O) groups is 2. The number of benzene rings is 1. The number of ether oxygens (including phenoxy) is 3. The van der Waals surface area contributed by atoms with E-state index in [9.17, 15) is 14.7 Å². The quantitative estimate of drug-likeness (QED) is 0.592. The van der Waals surface area contributed by atoms with Crippen LogP contribution in [0.3, 0.4) is 0 Å². The highest BCUT2D eigenvalue weighted by atomic mass is 16.6. The molecule has 1 aromatic carbocycles. The summed E-state index contributed by atoms with van der Waals surface area (Å²) in [4.78, 5) is 24.1. The average Bonchev–Trinajstić information content (AvgIpc) is 2.98. The normalized spacial score (nSPS) is 19.0. The van der Waals surface area contributed by atoms with Crippen molar-refractivity contribution in [1.82, 2.24) is 0 Å². The first-order valence-electron chi connectivity index (χ1n) is 8.93. The SMILES string of the molecule is CC(=O)Oc1cc(C)cc(C)c1C(C)(CCO)CC(=O)OC1CCOC1. The molecule has 0 saturated carbocycles. The summed E-state index contributed by atoms with van der Waals surface area (Å²) < 4.78 is 16.2. The largest absolute Gasteiger partial charge is 0.460 e. The van der Waals surface area contributed by atoms with Crippen molar-refractivity contribution in [3.05, 3.63) is 28.8 Å². The van der Waals surface area contributed by atoms with Crippen LogP contribution in [0.1, 0.15) is 49.8 Å². The molecular weight excluding hydrogens is 336 g/mol. The molecule has 1 N–H and O–H groups in total. The Morgan fingerprint density at radius 1 is 1.35 bits per heavy atom. The van der Waals surface area contributed by atoms with E-state index in [0.29, 0.717) is 31.8 Å². The first-order valence-corrected chi connectivity index (χ1v) is 8.93. The van der Waals surface area contributed by atoms with Crippen molar-refractivity contribution in [1.29, 1.82) is 0 Å². The van der Waals surface area contributed by atoms with Crippen LogP contribution in [0.15, 0.2) is 12.1 Å². The van der Waals surface area contributed by atoms with Crippen LogP contribution in [-0.2, 0) is 24.5 Å². The zero-order chi connectivity index (χ0) is 19.3. The first kappa shape index (κ1) is 20.4. The molecule has 0 spiro atoms. The van der Waals surface area contributed by atoms with E-state index in [-0.39, 0.29) is 25.1 Å². The molecule has 0 aliphatic carbocycles. The third-order valence-corrected chi connectivity index (χ3v) is 4.69. The molecule has 0 bridgehead atoms.